The third-order valence-corrected chi connectivity index (χ3v) is 4.11. The van der Waals surface area contributed by atoms with Crippen LogP contribution in [0.3, 0.4) is 0 Å². The maximum Gasteiger partial charge on any atom is 0.420 e. The number of methoxy groups -OCH3 is 2. The molecule has 7 nitrogen and oxygen atoms in total. The predicted molar refractivity (Wildman–Crippen MR) is 96.2 cm³/mol. The first-order valence-electron chi connectivity index (χ1n) is 8.14. The summed E-state index contributed by atoms with van der Waals surface area (Å²) in [7, 11) is 3.17. The lowest BCUT2D eigenvalue weighted by atomic mass is 10.1. The highest BCUT2D eigenvalue weighted by molar-refractivity contribution is 5.79. The smallest absolute Gasteiger partial charge is 0.420 e. The van der Waals surface area contributed by atoms with Crippen LogP contribution in [0.5, 0.6) is 5.75 Å². The van der Waals surface area contributed by atoms with Crippen molar-refractivity contribution < 1.29 is 18.7 Å². The molecule has 0 aliphatic carbocycles. The number of amides is 1. The fourth-order valence-electron chi connectivity index (χ4n) is 2.75. The molecule has 0 saturated heterocycles. The van der Waals surface area contributed by atoms with Gasteiger partial charge in [-0.2, -0.15) is 0 Å². The zero-order chi connectivity index (χ0) is 18.5. The van der Waals surface area contributed by atoms with Crippen molar-refractivity contribution in [1.82, 2.24) is 9.88 Å². The summed E-state index contributed by atoms with van der Waals surface area (Å²) in [6.07, 6.45) is -0.327. The van der Waals surface area contributed by atoms with Gasteiger partial charge in [-0.05, 0) is 29.8 Å². The maximum absolute atomic E-state index is 12.3. The number of para-hydroxylation sites is 2. The molecule has 0 saturated carbocycles. The minimum Gasteiger partial charge on any atom is -0.497 e. The van der Waals surface area contributed by atoms with E-state index in [-0.39, 0.29) is 25.1 Å². The van der Waals surface area contributed by atoms with Crippen LogP contribution in [-0.4, -0.2) is 31.2 Å². The number of hydrogen-bond acceptors (Lipinski definition) is 5. The van der Waals surface area contributed by atoms with Crippen molar-refractivity contribution in [3.8, 4) is 5.75 Å². The van der Waals surface area contributed by atoms with Gasteiger partial charge >= 0.3 is 5.76 Å². The maximum atomic E-state index is 12.3. The van der Waals surface area contributed by atoms with Crippen LogP contribution in [0, 0.1) is 0 Å². The van der Waals surface area contributed by atoms with Gasteiger partial charge in [0.1, 0.15) is 12.3 Å². The SMILES string of the molecule is COc1cccc(C(CNC(=O)Cn2c(=O)oc3ccccc32)OC)c1. The molecule has 1 N–H and O–H groups in total. The van der Waals surface area contributed by atoms with Crippen molar-refractivity contribution in [3.05, 3.63) is 64.6 Å². The highest BCUT2D eigenvalue weighted by atomic mass is 16.5. The molecule has 0 spiro atoms. The lowest BCUT2D eigenvalue weighted by Gasteiger charge is -2.17. The second-order valence-electron chi connectivity index (χ2n) is 5.73. The lowest BCUT2D eigenvalue weighted by Crippen LogP contribution is -2.34. The number of aromatic nitrogens is 1. The average molecular weight is 356 g/mol. The highest BCUT2D eigenvalue weighted by Gasteiger charge is 2.15. The molecule has 1 unspecified atom stereocenters. The summed E-state index contributed by atoms with van der Waals surface area (Å²) in [5, 5.41) is 2.79. The number of carbonyl (C=O) groups is 1. The zero-order valence-corrected chi connectivity index (χ0v) is 14.6. The Hall–Kier alpha value is -3.06. The van der Waals surface area contributed by atoms with E-state index in [1.165, 1.54) is 4.57 Å². The van der Waals surface area contributed by atoms with Crippen LogP contribution in [0.15, 0.2) is 57.7 Å². The summed E-state index contributed by atoms with van der Waals surface area (Å²) in [4.78, 5) is 24.2. The van der Waals surface area contributed by atoms with Crippen molar-refractivity contribution in [2.45, 2.75) is 12.6 Å². The van der Waals surface area contributed by atoms with E-state index in [4.69, 9.17) is 13.9 Å². The van der Waals surface area contributed by atoms with Crippen LogP contribution in [-0.2, 0) is 16.1 Å². The third kappa shape index (κ3) is 3.78. The molecule has 0 aliphatic heterocycles. The molecule has 1 amide bonds. The number of nitrogens with one attached hydrogen (secondary N) is 1. The summed E-state index contributed by atoms with van der Waals surface area (Å²) >= 11 is 0. The van der Waals surface area contributed by atoms with Crippen LogP contribution in [0.2, 0.25) is 0 Å². The molecule has 2 aromatic carbocycles. The summed E-state index contributed by atoms with van der Waals surface area (Å²) < 4.78 is 17.1. The first-order chi connectivity index (χ1) is 12.6. The topological polar surface area (TPSA) is 82.7 Å². The minimum atomic E-state index is -0.558. The molecular formula is C19H20N2O5. The Morgan fingerprint density at radius 2 is 2.00 bits per heavy atom. The second-order valence-corrected chi connectivity index (χ2v) is 5.73. The monoisotopic (exact) mass is 356 g/mol. The Morgan fingerprint density at radius 3 is 2.77 bits per heavy atom. The first-order valence-corrected chi connectivity index (χ1v) is 8.14. The third-order valence-electron chi connectivity index (χ3n) is 4.11. The second kappa shape index (κ2) is 7.88. The first kappa shape index (κ1) is 17.8. The van der Waals surface area contributed by atoms with Crippen LogP contribution >= 0.6 is 0 Å². The molecule has 1 aromatic heterocycles. The quantitative estimate of drug-likeness (QED) is 0.701. The van der Waals surface area contributed by atoms with Gasteiger partial charge in [0.2, 0.25) is 5.91 Å². The van der Waals surface area contributed by atoms with Gasteiger partial charge < -0.3 is 19.2 Å². The molecule has 26 heavy (non-hydrogen) atoms. The van der Waals surface area contributed by atoms with Crippen molar-refractivity contribution in [2.24, 2.45) is 0 Å². The molecule has 7 heteroatoms. The fraction of sp³-hybridized carbons (Fsp3) is 0.263. The molecule has 136 valence electrons. The molecule has 3 aromatic rings. The summed E-state index contributed by atoms with van der Waals surface area (Å²) in [6.45, 7) is 0.150. The Kier molecular flexibility index (Phi) is 5.38. The number of nitrogens with zero attached hydrogens (tertiary/aromatic N) is 1. The van der Waals surface area contributed by atoms with Crippen molar-refractivity contribution in [3.63, 3.8) is 0 Å². The number of ether oxygens (including phenoxy) is 2. The van der Waals surface area contributed by atoms with Crippen LogP contribution in [0.4, 0.5) is 0 Å². The van der Waals surface area contributed by atoms with E-state index in [1.807, 2.05) is 24.3 Å². The van der Waals surface area contributed by atoms with Gasteiger partial charge in [0.05, 0.1) is 18.7 Å². The Balaban J connectivity index is 1.67. The van der Waals surface area contributed by atoms with Gasteiger partial charge in [0, 0.05) is 13.7 Å². The van der Waals surface area contributed by atoms with Gasteiger partial charge in [-0.3, -0.25) is 9.36 Å². The molecule has 3 rings (SSSR count). The van der Waals surface area contributed by atoms with E-state index in [9.17, 15) is 9.59 Å². The van der Waals surface area contributed by atoms with E-state index in [1.54, 1.807) is 38.5 Å². The van der Waals surface area contributed by atoms with E-state index < -0.39 is 5.76 Å². The average Bonchev–Trinajstić information content (AvgIpc) is 2.98. The number of oxazole rings is 1. The Morgan fingerprint density at radius 1 is 1.19 bits per heavy atom. The standard InChI is InChI=1S/C19H20N2O5/c1-24-14-7-5-6-13(10-14)17(25-2)11-20-18(22)12-21-15-8-3-4-9-16(15)26-19(21)23/h3-10,17H,11-12H2,1-2H3,(H,20,22). The minimum absolute atomic E-state index is 0.121. The number of benzene rings is 2. The predicted octanol–water partition coefficient (Wildman–Crippen LogP) is 2.11. The normalized spacial score (nSPS) is 12.1. The Bertz CT molecular complexity index is 960. The van der Waals surface area contributed by atoms with Gasteiger partial charge in [-0.1, -0.05) is 24.3 Å². The van der Waals surface area contributed by atoms with Crippen LogP contribution < -0.4 is 15.8 Å². The van der Waals surface area contributed by atoms with Crippen LogP contribution in [0.25, 0.3) is 11.1 Å². The van der Waals surface area contributed by atoms with E-state index in [0.717, 1.165) is 5.56 Å². The molecule has 0 bridgehead atoms. The van der Waals surface area contributed by atoms with E-state index in [0.29, 0.717) is 16.8 Å². The summed E-state index contributed by atoms with van der Waals surface area (Å²) in [6, 6.07) is 14.4. The molecule has 0 radical (unpaired) electrons. The van der Waals surface area contributed by atoms with Crippen molar-refractivity contribution in [1.29, 1.82) is 0 Å². The lowest BCUT2D eigenvalue weighted by molar-refractivity contribution is -0.122. The summed E-state index contributed by atoms with van der Waals surface area (Å²) in [5.41, 5.74) is 1.93. The molecule has 0 aliphatic rings. The van der Waals surface area contributed by atoms with Crippen molar-refractivity contribution >= 4 is 17.0 Å². The zero-order valence-electron chi connectivity index (χ0n) is 14.6. The van der Waals surface area contributed by atoms with Gasteiger partial charge in [-0.15, -0.1) is 0 Å². The molecule has 1 heterocycles. The van der Waals surface area contributed by atoms with Crippen LogP contribution in [0.1, 0.15) is 11.7 Å². The number of hydrogen-bond donors (Lipinski definition) is 1. The van der Waals surface area contributed by atoms with Gasteiger partial charge in [-0.25, -0.2) is 4.79 Å². The molecular weight excluding hydrogens is 336 g/mol. The largest absolute Gasteiger partial charge is 0.497 e. The summed E-state index contributed by atoms with van der Waals surface area (Å²) in [5.74, 6) is -0.145. The fourth-order valence-corrected chi connectivity index (χ4v) is 2.75. The number of carbonyl (C=O) groups excluding carboxylic acids is 1. The van der Waals surface area contributed by atoms with Crippen molar-refractivity contribution in [2.75, 3.05) is 20.8 Å². The van der Waals surface area contributed by atoms with E-state index in [2.05, 4.69) is 5.32 Å². The Labute approximate surface area is 150 Å². The highest BCUT2D eigenvalue weighted by Crippen LogP contribution is 2.21. The van der Waals surface area contributed by atoms with Gasteiger partial charge in [0.15, 0.2) is 5.58 Å². The molecule has 1 atom stereocenters. The number of fused-ring (bicyclic) bond motifs is 1. The van der Waals surface area contributed by atoms with E-state index >= 15 is 0 Å². The number of rotatable bonds is 7. The van der Waals surface area contributed by atoms with Gasteiger partial charge in [0.25, 0.3) is 0 Å². The molecule has 0 fully saturated rings.